The summed E-state index contributed by atoms with van der Waals surface area (Å²) in [5.41, 5.74) is 5.01. The smallest absolute Gasteiger partial charge is 0.191 e. The molecule has 6 heteroatoms. The number of rotatable bonds is 3. The minimum atomic E-state index is -0.189. The standard InChI is InChI=1S/C22H21N3O3/c1-27-20-9-18-16(8-17(20)21-11-23-13-28-21)19(26)10-22(24-18)25-7-6-14-4-2-3-5-15(14)12-25/h2,4-6,8,10-11,13,20H,3,7,9,12H2,1H3,(H,24,26). The first kappa shape index (κ1) is 17.0. The second-order valence-corrected chi connectivity index (χ2v) is 7.21. The number of oxazole rings is 1. The van der Waals surface area contributed by atoms with Gasteiger partial charge in [-0.15, -0.1) is 0 Å². The molecule has 2 aliphatic carbocycles. The molecule has 0 bridgehead atoms. The number of nitrogens with one attached hydrogen (secondary N) is 1. The average molecular weight is 375 g/mol. The number of hydrogen-bond donors (Lipinski definition) is 1. The van der Waals surface area contributed by atoms with Crippen LogP contribution in [0.1, 0.15) is 23.4 Å². The summed E-state index contributed by atoms with van der Waals surface area (Å²) in [5.74, 6) is 1.48. The molecule has 0 spiro atoms. The SMILES string of the molecule is COC1Cc2[nH]c(N3CC=C4C=CCC=C4C3)cc(=O)c2C=C1c1cnco1. The van der Waals surface area contributed by atoms with E-state index in [0.717, 1.165) is 36.6 Å². The number of hydrogen-bond acceptors (Lipinski definition) is 5. The van der Waals surface area contributed by atoms with Crippen LogP contribution in [0.4, 0.5) is 5.82 Å². The number of aromatic nitrogens is 2. The van der Waals surface area contributed by atoms with Crippen molar-refractivity contribution >= 4 is 17.5 Å². The Balaban J connectivity index is 1.52. The Morgan fingerprint density at radius 2 is 2.29 bits per heavy atom. The molecule has 0 saturated heterocycles. The van der Waals surface area contributed by atoms with Crippen LogP contribution < -0.4 is 10.3 Å². The lowest BCUT2D eigenvalue weighted by Gasteiger charge is -2.31. The molecule has 28 heavy (non-hydrogen) atoms. The number of aromatic amines is 1. The number of methoxy groups -OCH3 is 1. The summed E-state index contributed by atoms with van der Waals surface area (Å²) in [4.78, 5) is 22.6. The number of allylic oxidation sites excluding steroid dienone is 3. The quantitative estimate of drug-likeness (QED) is 0.893. The van der Waals surface area contributed by atoms with Crippen molar-refractivity contribution in [3.05, 3.63) is 81.3 Å². The molecule has 0 saturated carbocycles. The van der Waals surface area contributed by atoms with E-state index in [1.807, 2.05) is 6.08 Å². The highest BCUT2D eigenvalue weighted by Crippen LogP contribution is 2.32. The second kappa shape index (κ2) is 6.80. The van der Waals surface area contributed by atoms with Crippen molar-refractivity contribution in [1.29, 1.82) is 0 Å². The Morgan fingerprint density at radius 1 is 1.36 bits per heavy atom. The number of fused-ring (bicyclic) bond motifs is 2. The van der Waals surface area contributed by atoms with Crippen LogP contribution >= 0.6 is 0 Å². The van der Waals surface area contributed by atoms with Crippen LogP contribution in [0.5, 0.6) is 0 Å². The third kappa shape index (κ3) is 2.86. The van der Waals surface area contributed by atoms with E-state index in [-0.39, 0.29) is 11.5 Å². The van der Waals surface area contributed by atoms with Crippen molar-refractivity contribution in [1.82, 2.24) is 9.97 Å². The third-order valence-corrected chi connectivity index (χ3v) is 5.58. The summed E-state index contributed by atoms with van der Waals surface area (Å²) in [7, 11) is 1.67. The fourth-order valence-electron chi connectivity index (χ4n) is 4.09. The van der Waals surface area contributed by atoms with Gasteiger partial charge in [-0.05, 0) is 23.6 Å². The zero-order valence-electron chi connectivity index (χ0n) is 15.6. The highest BCUT2D eigenvalue weighted by Gasteiger charge is 2.27. The predicted octanol–water partition coefficient (Wildman–Crippen LogP) is 3.11. The van der Waals surface area contributed by atoms with Gasteiger partial charge in [0.1, 0.15) is 5.82 Å². The van der Waals surface area contributed by atoms with Crippen LogP contribution in [-0.2, 0) is 11.2 Å². The number of nitrogens with zero attached hydrogens (tertiary/aromatic N) is 2. The molecule has 6 nitrogen and oxygen atoms in total. The van der Waals surface area contributed by atoms with Gasteiger partial charge in [-0.3, -0.25) is 4.79 Å². The van der Waals surface area contributed by atoms with Gasteiger partial charge < -0.3 is 19.0 Å². The molecule has 1 unspecified atom stereocenters. The van der Waals surface area contributed by atoms with Gasteiger partial charge in [-0.25, -0.2) is 4.98 Å². The van der Waals surface area contributed by atoms with Crippen molar-refractivity contribution in [3.63, 3.8) is 0 Å². The molecule has 1 aliphatic heterocycles. The van der Waals surface area contributed by atoms with Crippen molar-refractivity contribution in [2.24, 2.45) is 0 Å². The maximum absolute atomic E-state index is 12.9. The molecule has 2 aromatic heterocycles. The maximum Gasteiger partial charge on any atom is 0.191 e. The summed E-state index contributed by atoms with van der Waals surface area (Å²) in [6.45, 7) is 1.58. The van der Waals surface area contributed by atoms with E-state index in [9.17, 15) is 4.79 Å². The van der Waals surface area contributed by atoms with E-state index in [0.29, 0.717) is 17.7 Å². The average Bonchev–Trinajstić information content (AvgIpc) is 3.27. The van der Waals surface area contributed by atoms with E-state index in [4.69, 9.17) is 9.15 Å². The van der Waals surface area contributed by atoms with Gasteiger partial charge in [0.2, 0.25) is 0 Å². The minimum Gasteiger partial charge on any atom is -0.444 e. The fraction of sp³-hybridized carbons (Fsp3) is 0.273. The molecule has 3 aliphatic rings. The van der Waals surface area contributed by atoms with E-state index >= 15 is 0 Å². The van der Waals surface area contributed by atoms with Gasteiger partial charge in [-0.1, -0.05) is 24.3 Å². The zero-order chi connectivity index (χ0) is 19.1. The Hall–Kier alpha value is -3.12. The lowest BCUT2D eigenvalue weighted by atomic mass is 9.91. The Labute approximate surface area is 162 Å². The zero-order valence-corrected chi connectivity index (χ0v) is 15.6. The highest BCUT2D eigenvalue weighted by molar-refractivity contribution is 5.84. The normalized spacial score (nSPS) is 20.8. The monoisotopic (exact) mass is 375 g/mol. The Morgan fingerprint density at radius 3 is 3.11 bits per heavy atom. The van der Waals surface area contributed by atoms with Crippen molar-refractivity contribution in [2.45, 2.75) is 18.9 Å². The number of pyridine rings is 1. The fourth-order valence-corrected chi connectivity index (χ4v) is 4.09. The molecular weight excluding hydrogens is 354 g/mol. The third-order valence-electron chi connectivity index (χ3n) is 5.58. The van der Waals surface area contributed by atoms with Crippen LogP contribution in [0, 0.1) is 0 Å². The topological polar surface area (TPSA) is 71.4 Å². The Kier molecular flexibility index (Phi) is 4.13. The molecule has 1 atom stereocenters. The van der Waals surface area contributed by atoms with Gasteiger partial charge in [0.25, 0.3) is 0 Å². The first-order valence-corrected chi connectivity index (χ1v) is 9.43. The number of ether oxygens (including phenoxy) is 1. The first-order chi connectivity index (χ1) is 13.7. The van der Waals surface area contributed by atoms with Crippen molar-refractivity contribution in [3.8, 4) is 0 Å². The molecule has 3 heterocycles. The van der Waals surface area contributed by atoms with E-state index < -0.39 is 0 Å². The molecule has 0 aromatic carbocycles. The first-order valence-electron chi connectivity index (χ1n) is 9.43. The van der Waals surface area contributed by atoms with Gasteiger partial charge >= 0.3 is 0 Å². The molecule has 0 radical (unpaired) electrons. The van der Waals surface area contributed by atoms with Crippen LogP contribution in [0.2, 0.25) is 0 Å². The molecule has 142 valence electrons. The van der Waals surface area contributed by atoms with Gasteiger partial charge in [-0.2, -0.15) is 0 Å². The molecule has 1 N–H and O–H groups in total. The summed E-state index contributed by atoms with van der Waals surface area (Å²) >= 11 is 0. The van der Waals surface area contributed by atoms with Crippen LogP contribution in [-0.4, -0.2) is 36.3 Å². The van der Waals surface area contributed by atoms with Crippen LogP contribution in [0.3, 0.4) is 0 Å². The van der Waals surface area contributed by atoms with Crippen LogP contribution in [0.25, 0.3) is 11.6 Å². The minimum absolute atomic E-state index is 0.00242. The predicted molar refractivity (Wildman–Crippen MR) is 108 cm³/mol. The molecular formula is C22H21N3O3. The van der Waals surface area contributed by atoms with Gasteiger partial charge in [0.15, 0.2) is 17.6 Å². The van der Waals surface area contributed by atoms with Crippen molar-refractivity contribution in [2.75, 3.05) is 25.1 Å². The highest BCUT2D eigenvalue weighted by atomic mass is 16.5. The van der Waals surface area contributed by atoms with Crippen molar-refractivity contribution < 1.29 is 9.15 Å². The van der Waals surface area contributed by atoms with E-state index in [1.165, 1.54) is 17.5 Å². The second-order valence-electron chi connectivity index (χ2n) is 7.21. The largest absolute Gasteiger partial charge is 0.444 e. The lowest BCUT2D eigenvalue weighted by Crippen LogP contribution is -2.33. The molecule has 5 rings (SSSR count). The molecule has 2 aromatic rings. The summed E-state index contributed by atoms with van der Waals surface area (Å²) in [5, 5.41) is 0. The Bertz CT molecular complexity index is 1090. The van der Waals surface area contributed by atoms with Gasteiger partial charge in [0, 0.05) is 49.5 Å². The summed E-state index contributed by atoms with van der Waals surface area (Å²) in [6.07, 6.45) is 15.1. The number of H-pyrrole nitrogens is 1. The molecule has 0 fully saturated rings. The molecule has 0 amide bonds. The van der Waals surface area contributed by atoms with E-state index in [2.05, 4.69) is 39.2 Å². The number of anilines is 1. The van der Waals surface area contributed by atoms with E-state index in [1.54, 1.807) is 19.4 Å². The van der Waals surface area contributed by atoms with Crippen LogP contribution in [0.15, 0.2) is 63.3 Å². The van der Waals surface area contributed by atoms with Gasteiger partial charge in [0.05, 0.1) is 12.3 Å². The summed E-state index contributed by atoms with van der Waals surface area (Å²) in [6, 6.07) is 1.69. The maximum atomic E-state index is 12.9. The summed E-state index contributed by atoms with van der Waals surface area (Å²) < 4.78 is 11.1. The lowest BCUT2D eigenvalue weighted by molar-refractivity contribution is 0.146.